The normalized spacial score (nSPS) is 7.81. The summed E-state index contributed by atoms with van der Waals surface area (Å²) >= 11 is 0. The standard InChI is InChI=1S/C5H8NO.2C3H8O.Ti/c1-2-3-4-6-5-7;2*1-3(2)4;/h1-4H2;2*3-4H,1-2H3;/q-1;;;. The summed E-state index contributed by atoms with van der Waals surface area (Å²) in [5.74, 6) is 0. The first-order valence-electron chi connectivity index (χ1n) is 5.07. The Labute approximate surface area is 114 Å². The van der Waals surface area contributed by atoms with E-state index in [9.17, 15) is 4.79 Å². The van der Waals surface area contributed by atoms with E-state index < -0.39 is 0 Å². The van der Waals surface area contributed by atoms with Crippen LogP contribution >= 0.6 is 0 Å². The van der Waals surface area contributed by atoms with E-state index in [0.29, 0.717) is 6.54 Å². The van der Waals surface area contributed by atoms with Gasteiger partial charge in [-0.2, -0.15) is 6.42 Å². The Bertz CT molecular complexity index is 135. The molecule has 0 atom stereocenters. The van der Waals surface area contributed by atoms with Crippen LogP contribution in [-0.4, -0.2) is 35.0 Å². The zero-order valence-electron chi connectivity index (χ0n) is 10.7. The number of rotatable bonds is 3. The van der Waals surface area contributed by atoms with Crippen molar-refractivity contribution in [2.75, 3.05) is 6.54 Å². The van der Waals surface area contributed by atoms with E-state index >= 15 is 0 Å². The first-order chi connectivity index (χ1) is 6.88. The maximum Gasteiger partial charge on any atom is 0.234 e. The third-order valence-electron chi connectivity index (χ3n) is 0.584. The van der Waals surface area contributed by atoms with Crippen LogP contribution < -0.4 is 0 Å². The van der Waals surface area contributed by atoms with Gasteiger partial charge in [0.1, 0.15) is 0 Å². The fraction of sp³-hybridized carbons (Fsp3) is 0.818. The van der Waals surface area contributed by atoms with Gasteiger partial charge in [0.15, 0.2) is 0 Å². The Morgan fingerprint density at radius 2 is 1.50 bits per heavy atom. The number of hydrogen-bond acceptors (Lipinski definition) is 4. The van der Waals surface area contributed by atoms with Crippen LogP contribution in [0, 0.1) is 6.92 Å². The maximum atomic E-state index is 9.37. The second-order valence-corrected chi connectivity index (χ2v) is 3.37. The quantitative estimate of drug-likeness (QED) is 0.268. The van der Waals surface area contributed by atoms with Crippen molar-refractivity contribution >= 4 is 6.08 Å². The molecule has 0 amide bonds. The van der Waals surface area contributed by atoms with Crippen LogP contribution in [0.25, 0.3) is 0 Å². The minimum absolute atomic E-state index is 0. The monoisotopic (exact) mass is 266 g/mol. The van der Waals surface area contributed by atoms with Crippen molar-refractivity contribution in [2.24, 2.45) is 4.99 Å². The number of unbranched alkanes of at least 4 members (excludes halogenated alkanes) is 1. The van der Waals surface area contributed by atoms with Crippen molar-refractivity contribution in [3.05, 3.63) is 6.92 Å². The number of isocyanates is 1. The van der Waals surface area contributed by atoms with Crippen molar-refractivity contribution < 1.29 is 36.7 Å². The Morgan fingerprint density at radius 3 is 1.69 bits per heavy atom. The minimum Gasteiger partial charge on any atom is -0.394 e. The third kappa shape index (κ3) is 147. The minimum atomic E-state index is -0.167. The molecule has 0 aromatic carbocycles. The molecule has 0 aliphatic carbocycles. The van der Waals surface area contributed by atoms with Crippen LogP contribution in [-0.2, 0) is 26.5 Å². The van der Waals surface area contributed by atoms with Gasteiger partial charge in [-0.3, -0.25) is 0 Å². The van der Waals surface area contributed by atoms with Crippen LogP contribution in [0.15, 0.2) is 4.99 Å². The van der Waals surface area contributed by atoms with Gasteiger partial charge in [0.2, 0.25) is 6.08 Å². The van der Waals surface area contributed by atoms with Gasteiger partial charge in [-0.15, -0.1) is 0 Å². The Hall–Kier alpha value is 0.0143. The molecule has 0 aromatic rings. The van der Waals surface area contributed by atoms with Gasteiger partial charge < -0.3 is 17.1 Å². The summed E-state index contributed by atoms with van der Waals surface area (Å²) < 4.78 is 0. The van der Waals surface area contributed by atoms with Crippen LogP contribution in [0.1, 0.15) is 40.5 Å². The Balaban J connectivity index is -0.0000000700. The summed E-state index contributed by atoms with van der Waals surface area (Å²) in [5.41, 5.74) is 0. The maximum absolute atomic E-state index is 9.37. The van der Waals surface area contributed by atoms with E-state index in [1.807, 2.05) is 0 Å². The molecule has 0 aliphatic heterocycles. The first-order valence-corrected chi connectivity index (χ1v) is 5.07. The molecule has 0 heterocycles. The average molecular weight is 266 g/mol. The number of aliphatic imine (C=N–C) groups is 1. The van der Waals surface area contributed by atoms with Gasteiger partial charge in [0.05, 0.1) is 0 Å². The second-order valence-electron chi connectivity index (χ2n) is 3.37. The zero-order chi connectivity index (χ0) is 12.7. The summed E-state index contributed by atoms with van der Waals surface area (Å²) in [6.45, 7) is 11.0. The van der Waals surface area contributed by atoms with Crippen molar-refractivity contribution in [1.29, 1.82) is 0 Å². The third-order valence-corrected chi connectivity index (χ3v) is 0.584. The average Bonchev–Trinajstić information content (AvgIpc) is 2.03. The molecule has 0 rings (SSSR count). The molecule has 0 aliphatic rings. The van der Waals surface area contributed by atoms with Gasteiger partial charge in [0, 0.05) is 40.5 Å². The number of aliphatic hydroxyl groups excluding tert-OH is 2. The zero-order valence-corrected chi connectivity index (χ0v) is 12.3. The molecule has 0 unspecified atom stereocenters. The molecule has 0 fully saturated rings. The molecule has 0 saturated heterocycles. The van der Waals surface area contributed by atoms with E-state index in [1.54, 1.807) is 27.7 Å². The first kappa shape index (κ1) is 25.0. The van der Waals surface area contributed by atoms with Crippen molar-refractivity contribution in [1.82, 2.24) is 0 Å². The van der Waals surface area contributed by atoms with E-state index in [-0.39, 0.29) is 33.9 Å². The van der Waals surface area contributed by atoms with Gasteiger partial charge in [-0.1, -0.05) is 6.42 Å². The van der Waals surface area contributed by atoms with E-state index in [4.69, 9.17) is 10.2 Å². The molecule has 0 saturated carbocycles. The number of hydrogen-bond donors (Lipinski definition) is 2. The van der Waals surface area contributed by atoms with Crippen LogP contribution in [0.5, 0.6) is 0 Å². The largest absolute Gasteiger partial charge is 0.394 e. The summed E-state index contributed by atoms with van der Waals surface area (Å²) in [4.78, 5) is 12.7. The van der Waals surface area contributed by atoms with E-state index in [0.717, 1.165) is 12.8 Å². The van der Waals surface area contributed by atoms with Gasteiger partial charge >= 0.3 is 0 Å². The molecule has 2 N–H and O–H groups in total. The molecule has 4 nitrogen and oxygen atoms in total. The summed E-state index contributed by atoms with van der Waals surface area (Å²) in [7, 11) is 0. The van der Waals surface area contributed by atoms with Crippen molar-refractivity contribution in [3.63, 3.8) is 0 Å². The number of nitrogens with zero attached hydrogens (tertiary/aromatic N) is 1. The van der Waals surface area contributed by atoms with Gasteiger partial charge in [0.25, 0.3) is 0 Å². The van der Waals surface area contributed by atoms with Crippen LogP contribution in [0.4, 0.5) is 0 Å². The van der Waals surface area contributed by atoms with Gasteiger partial charge in [-0.05, 0) is 27.7 Å². The molecular formula is C11H24NO3Ti-. The van der Waals surface area contributed by atoms with Crippen molar-refractivity contribution in [2.45, 2.75) is 52.7 Å². The van der Waals surface area contributed by atoms with Crippen LogP contribution in [0.3, 0.4) is 0 Å². The molecule has 16 heavy (non-hydrogen) atoms. The summed E-state index contributed by atoms with van der Waals surface area (Å²) in [6.07, 6.45) is 2.84. The van der Waals surface area contributed by atoms with Gasteiger partial charge in [-0.25, -0.2) is 9.79 Å². The molecule has 0 aromatic heterocycles. The SMILES string of the molecule is CC(C)O.CC(C)O.[CH2-]CCCN=C=O.[Ti]. The topological polar surface area (TPSA) is 69.9 Å². The molecule has 0 spiro atoms. The van der Waals surface area contributed by atoms with E-state index in [2.05, 4.69) is 11.9 Å². The number of carbonyl (C=O) groups excluding carboxylic acids is 1. The summed E-state index contributed by atoms with van der Waals surface area (Å²) in [6, 6.07) is 0. The predicted molar refractivity (Wildman–Crippen MR) is 62.3 cm³/mol. The number of aliphatic hydroxyl groups is 2. The predicted octanol–water partition coefficient (Wildman–Crippen LogP) is 1.71. The Kier molecular flexibility index (Phi) is 38.0. The molecule has 0 radical (unpaired) electrons. The molecular weight excluding hydrogens is 242 g/mol. The fourth-order valence-corrected chi connectivity index (χ4v) is 0.237. The molecule has 0 bridgehead atoms. The van der Waals surface area contributed by atoms with Crippen LogP contribution in [0.2, 0.25) is 0 Å². The fourth-order valence-electron chi connectivity index (χ4n) is 0.237. The smallest absolute Gasteiger partial charge is 0.234 e. The Morgan fingerprint density at radius 1 is 1.19 bits per heavy atom. The molecule has 96 valence electrons. The molecule has 5 heteroatoms. The van der Waals surface area contributed by atoms with Crippen molar-refractivity contribution in [3.8, 4) is 0 Å². The summed E-state index contributed by atoms with van der Waals surface area (Å²) in [5, 5.41) is 16.1. The second kappa shape index (κ2) is 24.3. The van der Waals surface area contributed by atoms with E-state index in [1.165, 1.54) is 6.08 Å².